The number of nitrogens with one attached hydrogen (secondary N) is 1. The number of imidazole rings is 1. The van der Waals surface area contributed by atoms with Crippen molar-refractivity contribution in [2.24, 2.45) is 0 Å². The number of hydrogen-bond acceptors (Lipinski definition) is 13. The maximum Gasteiger partial charge on any atom is 0.245 e. The lowest BCUT2D eigenvalue weighted by molar-refractivity contribution is -0.133. The Bertz CT molecular complexity index is 2710. The van der Waals surface area contributed by atoms with Gasteiger partial charge in [0.25, 0.3) is 0 Å². The Morgan fingerprint density at radius 1 is 0.902 bits per heavy atom. The Morgan fingerprint density at radius 2 is 1.77 bits per heavy atom. The van der Waals surface area contributed by atoms with E-state index < -0.39 is 29.6 Å². The van der Waals surface area contributed by atoms with Crippen molar-refractivity contribution in [3.8, 4) is 16.9 Å². The van der Waals surface area contributed by atoms with E-state index in [1.165, 1.54) is 28.9 Å². The van der Waals surface area contributed by atoms with E-state index in [-0.39, 0.29) is 30.2 Å². The molecule has 0 radical (unpaired) electrons. The van der Waals surface area contributed by atoms with Crippen LogP contribution in [-0.2, 0) is 20.8 Å². The zero-order valence-electron chi connectivity index (χ0n) is 33.9. The number of hydrogen-bond donors (Lipinski definition) is 1. The molecule has 0 spiro atoms. The normalized spacial score (nSPS) is 24.5. The summed E-state index contributed by atoms with van der Waals surface area (Å²) in [7, 11) is 1.77. The first-order chi connectivity index (χ1) is 29.6. The van der Waals surface area contributed by atoms with Crippen molar-refractivity contribution in [1.82, 2.24) is 49.1 Å². The average molecular weight is 836 g/mol. The van der Waals surface area contributed by atoms with Crippen LogP contribution in [0, 0.1) is 24.4 Å². The number of aryl methyl sites for hydroxylation is 1. The van der Waals surface area contributed by atoms with Gasteiger partial charge in [0.05, 0.1) is 60.2 Å². The van der Waals surface area contributed by atoms with Gasteiger partial charge in [-0.3, -0.25) is 9.69 Å². The van der Waals surface area contributed by atoms with Gasteiger partial charge in [-0.1, -0.05) is 0 Å². The molecule has 5 aliphatic heterocycles. The number of aromatic nitrogens is 8. The number of ether oxygens (including phenoxy) is 2. The van der Waals surface area contributed by atoms with Gasteiger partial charge in [-0.2, -0.15) is 15.1 Å². The molecule has 61 heavy (non-hydrogen) atoms. The number of halogens is 3. The van der Waals surface area contributed by atoms with Crippen LogP contribution in [0.3, 0.4) is 0 Å². The molecular formula is C42H44F3N13O3. The number of carbonyl (C=O) groups is 1. The first-order valence-corrected chi connectivity index (χ1v) is 20.8. The van der Waals surface area contributed by atoms with Crippen LogP contribution in [0.15, 0.2) is 48.8 Å². The molecule has 316 valence electrons. The molecule has 5 atom stereocenters. The van der Waals surface area contributed by atoms with E-state index >= 15 is 8.78 Å². The second kappa shape index (κ2) is 14.6. The zero-order chi connectivity index (χ0) is 41.7. The molecule has 9 heterocycles. The van der Waals surface area contributed by atoms with Gasteiger partial charge in [0.2, 0.25) is 17.8 Å². The molecule has 6 bridgehead atoms. The second-order valence-corrected chi connectivity index (χ2v) is 16.7. The minimum absolute atomic E-state index is 0.0340. The summed E-state index contributed by atoms with van der Waals surface area (Å²) in [6, 6.07) is 7.76. The summed E-state index contributed by atoms with van der Waals surface area (Å²) in [5, 5.41) is 8.57. The topological polar surface area (TPSA) is 148 Å². The van der Waals surface area contributed by atoms with E-state index in [9.17, 15) is 9.18 Å². The van der Waals surface area contributed by atoms with E-state index in [4.69, 9.17) is 29.4 Å². The van der Waals surface area contributed by atoms with Crippen LogP contribution in [0.1, 0.15) is 25.6 Å². The maximum atomic E-state index is 15.5. The predicted octanol–water partition coefficient (Wildman–Crippen LogP) is 3.95. The first kappa shape index (κ1) is 38.0. The number of fused-ring (bicyclic) bond motifs is 8. The molecule has 2 aromatic carbocycles. The summed E-state index contributed by atoms with van der Waals surface area (Å²) in [6.07, 6.45) is 4.07. The molecule has 0 unspecified atom stereocenters. The standard InChI is InChI=1S/C42H44F3N13O3/c1-4-61-29-18-53(3)40(59)36-12-25(49-41-46-8-7-33(50-41)30-9-24(44)11-34-37(30)54(19-29)22(2)48-34)15-57(36)38-31-14-47-58(35-6-5-23(43)10-32(35)45)39(31)52-42(51-38)56-17-26-13-27(56)16-55(26)28-20-60-21-28/h5-11,14,25-29,36H,4,12-13,15-21H2,1-3H3,(H,46,49,50)/t25-,26+,27+,29-,36-/m0/s1. The number of benzene rings is 2. The van der Waals surface area contributed by atoms with Crippen LogP contribution in [0.4, 0.5) is 30.9 Å². The van der Waals surface area contributed by atoms with Gasteiger partial charge in [0.1, 0.15) is 35.0 Å². The van der Waals surface area contributed by atoms with Gasteiger partial charge >= 0.3 is 0 Å². The van der Waals surface area contributed by atoms with Gasteiger partial charge < -0.3 is 34.1 Å². The van der Waals surface area contributed by atoms with E-state index in [0.29, 0.717) is 102 Å². The molecule has 0 aliphatic carbocycles. The van der Waals surface area contributed by atoms with Crippen molar-refractivity contribution in [2.75, 3.05) is 68.2 Å². The van der Waals surface area contributed by atoms with Crippen molar-refractivity contribution in [3.63, 3.8) is 0 Å². The van der Waals surface area contributed by atoms with Crippen molar-refractivity contribution >= 4 is 45.7 Å². The number of nitrogens with zero attached hydrogens (tertiary/aromatic N) is 12. The number of likely N-dealkylation sites (N-methyl/N-ethyl adjacent to an activating group) is 1. The second-order valence-electron chi connectivity index (χ2n) is 16.7. The van der Waals surface area contributed by atoms with Crippen LogP contribution in [0.5, 0.6) is 0 Å². The SMILES string of the molecule is CCO[C@H]1CN(C)C(=O)[C@@H]2C[C@@H](CN2c2nc(N3C[C@H]4C[C@@H]3CN4C3COC3)nc3c2cnn3-c2ccc(F)cc2F)Nc2nccc(n2)-c2cc(F)cc3nc(C)n(c23)C1. The Morgan fingerprint density at radius 3 is 2.54 bits per heavy atom. The molecule has 4 aromatic heterocycles. The highest BCUT2D eigenvalue weighted by Gasteiger charge is 2.49. The van der Waals surface area contributed by atoms with Gasteiger partial charge in [-0.15, -0.1) is 0 Å². The van der Waals surface area contributed by atoms with Crippen LogP contribution in [-0.4, -0.2) is 144 Å². The number of carbonyl (C=O) groups excluding carboxylic acids is 1. The summed E-state index contributed by atoms with van der Waals surface area (Å²) in [5.74, 6) is -0.193. The molecular weight excluding hydrogens is 792 g/mol. The van der Waals surface area contributed by atoms with Crippen LogP contribution >= 0.6 is 0 Å². The van der Waals surface area contributed by atoms with E-state index in [1.807, 2.05) is 23.3 Å². The molecule has 19 heteroatoms. The Balaban J connectivity index is 1.02. The lowest BCUT2D eigenvalue weighted by atomic mass is 10.1. The molecule has 0 saturated carbocycles. The van der Waals surface area contributed by atoms with Gasteiger partial charge in [-0.25, -0.2) is 32.8 Å². The highest BCUT2D eigenvalue weighted by Crippen LogP contribution is 2.40. The third-order valence-electron chi connectivity index (χ3n) is 12.9. The Hall–Kier alpha value is -5.92. The summed E-state index contributed by atoms with van der Waals surface area (Å²) >= 11 is 0. The molecule has 16 nitrogen and oxygen atoms in total. The highest BCUT2D eigenvalue weighted by molar-refractivity contribution is 5.94. The van der Waals surface area contributed by atoms with Gasteiger partial charge in [0.15, 0.2) is 11.5 Å². The van der Waals surface area contributed by atoms with Gasteiger partial charge in [-0.05, 0) is 51.0 Å². The van der Waals surface area contributed by atoms with Crippen LogP contribution in [0.2, 0.25) is 0 Å². The molecule has 6 aromatic rings. The molecule has 5 aliphatic rings. The molecule has 1 amide bonds. The third kappa shape index (κ3) is 6.43. The summed E-state index contributed by atoms with van der Waals surface area (Å²) in [4.78, 5) is 47.8. The summed E-state index contributed by atoms with van der Waals surface area (Å²) < 4.78 is 60.0. The zero-order valence-corrected chi connectivity index (χ0v) is 33.9. The Labute approximate surface area is 348 Å². The van der Waals surface area contributed by atoms with E-state index in [2.05, 4.69) is 25.2 Å². The fraction of sp³-hybridized carbons (Fsp3) is 0.452. The number of likely N-dealkylation sites (tertiary alicyclic amines) is 1. The Kier molecular flexibility index (Phi) is 9.12. The lowest BCUT2D eigenvalue weighted by Crippen LogP contribution is -2.57. The molecule has 4 fully saturated rings. The van der Waals surface area contributed by atoms with Crippen molar-refractivity contribution in [1.29, 1.82) is 0 Å². The highest BCUT2D eigenvalue weighted by atomic mass is 19.1. The van der Waals surface area contributed by atoms with E-state index in [1.54, 1.807) is 30.4 Å². The largest absolute Gasteiger partial charge is 0.378 e. The quantitative estimate of drug-likeness (QED) is 0.259. The van der Waals surface area contributed by atoms with Crippen molar-refractivity contribution in [2.45, 2.75) is 69.5 Å². The smallest absolute Gasteiger partial charge is 0.245 e. The van der Waals surface area contributed by atoms with Crippen LogP contribution in [0.25, 0.3) is 39.0 Å². The number of piperazine rings is 1. The monoisotopic (exact) mass is 835 g/mol. The molecule has 11 rings (SSSR count). The lowest BCUT2D eigenvalue weighted by Gasteiger charge is -2.42. The number of rotatable bonds is 6. The summed E-state index contributed by atoms with van der Waals surface area (Å²) in [5.41, 5.74) is 2.64. The average Bonchev–Trinajstić information content (AvgIpc) is 4.06. The first-order valence-electron chi connectivity index (χ1n) is 20.8. The maximum absolute atomic E-state index is 15.5. The minimum Gasteiger partial charge on any atom is -0.378 e. The summed E-state index contributed by atoms with van der Waals surface area (Å²) in [6.45, 7) is 8.09. The van der Waals surface area contributed by atoms with Crippen molar-refractivity contribution < 1.29 is 27.4 Å². The number of anilines is 3. The fourth-order valence-electron chi connectivity index (χ4n) is 10.1. The molecule has 1 N–H and O–H groups in total. The van der Waals surface area contributed by atoms with Gasteiger partial charge in [0, 0.05) is 81.9 Å². The fourth-order valence-corrected chi connectivity index (χ4v) is 10.1. The van der Waals surface area contributed by atoms with Crippen LogP contribution < -0.4 is 15.1 Å². The minimum atomic E-state index is -0.790. The third-order valence-corrected chi connectivity index (χ3v) is 12.9. The number of amides is 1. The molecule has 4 saturated heterocycles. The van der Waals surface area contributed by atoms with E-state index in [0.717, 1.165) is 32.2 Å². The van der Waals surface area contributed by atoms with Crippen molar-refractivity contribution in [3.05, 3.63) is 72.1 Å². The predicted molar refractivity (Wildman–Crippen MR) is 219 cm³/mol.